The van der Waals surface area contributed by atoms with Gasteiger partial charge in [0.25, 0.3) is 0 Å². The fraction of sp³-hybridized carbons (Fsp3) is 0.304. The van der Waals surface area contributed by atoms with E-state index in [-0.39, 0.29) is 11.4 Å². The van der Waals surface area contributed by atoms with Crippen molar-refractivity contribution in [2.45, 2.75) is 33.1 Å². The number of nitrogens with one attached hydrogen (secondary N) is 2. The molecule has 0 heterocycles. The number of nitriles is 1. The van der Waals surface area contributed by atoms with Crippen LogP contribution < -0.4 is 15.4 Å². The van der Waals surface area contributed by atoms with E-state index in [4.69, 9.17) is 4.74 Å². The molecule has 0 bridgehead atoms. The third kappa shape index (κ3) is 3.59. The number of urea groups is 1. The molecule has 0 saturated carbocycles. The normalized spacial score (nSPS) is 14.6. The molecule has 0 aromatic heterocycles. The average molecular weight is 375 g/mol. The minimum Gasteiger partial charge on any atom is -0.497 e. The molecule has 28 heavy (non-hydrogen) atoms. The number of hydrogen-bond donors (Lipinski definition) is 2. The minimum atomic E-state index is -0.370. The molecule has 0 spiro atoms. The molecule has 144 valence electrons. The van der Waals surface area contributed by atoms with Gasteiger partial charge in [0.2, 0.25) is 0 Å². The first kappa shape index (κ1) is 19.5. The number of rotatable bonds is 5. The minimum absolute atomic E-state index is 0.258. The molecule has 3 rings (SSSR count). The van der Waals surface area contributed by atoms with Gasteiger partial charge in [0.1, 0.15) is 5.75 Å². The Morgan fingerprint density at radius 1 is 1.11 bits per heavy atom. The fourth-order valence-electron chi connectivity index (χ4n) is 3.88. The quantitative estimate of drug-likeness (QED) is 0.762. The summed E-state index contributed by atoms with van der Waals surface area (Å²) in [7, 11) is 1.60. The Labute approximate surface area is 166 Å². The van der Waals surface area contributed by atoms with Gasteiger partial charge in [-0.25, -0.2) is 4.79 Å². The Bertz CT molecular complexity index is 935. The smallest absolute Gasteiger partial charge is 0.323 e. The summed E-state index contributed by atoms with van der Waals surface area (Å²) in [6.07, 6.45) is 2.49. The van der Waals surface area contributed by atoms with Gasteiger partial charge < -0.3 is 15.4 Å². The second-order valence-electron chi connectivity index (χ2n) is 6.99. The van der Waals surface area contributed by atoms with Gasteiger partial charge in [0.05, 0.1) is 24.4 Å². The molecule has 5 heteroatoms. The standard InChI is InChI=1S/C23H25N3O2/c1-4-23(5-2)14-16-8-6-7-9-19(16)21(20(23)15-24)26-22(27)25-17-10-12-18(28-3)13-11-17/h6-13H,4-5,14H2,1-3H3,(H2,25,26,27). The molecule has 2 aromatic carbocycles. The van der Waals surface area contributed by atoms with E-state index in [1.165, 1.54) is 0 Å². The number of hydrogen-bond acceptors (Lipinski definition) is 3. The number of fused-ring (bicyclic) bond motifs is 1. The monoisotopic (exact) mass is 375 g/mol. The molecule has 1 aliphatic rings. The third-order valence-electron chi connectivity index (χ3n) is 5.65. The van der Waals surface area contributed by atoms with Crippen LogP contribution in [0.2, 0.25) is 0 Å². The van der Waals surface area contributed by atoms with Crippen molar-refractivity contribution in [2.24, 2.45) is 5.41 Å². The Hall–Kier alpha value is -3.26. The number of anilines is 1. The summed E-state index contributed by atoms with van der Waals surface area (Å²) >= 11 is 0. The zero-order valence-corrected chi connectivity index (χ0v) is 16.5. The topological polar surface area (TPSA) is 74.2 Å². The molecular formula is C23H25N3O2. The summed E-state index contributed by atoms with van der Waals surface area (Å²) in [6.45, 7) is 4.20. The number of nitrogens with zero attached hydrogens (tertiary/aromatic N) is 1. The highest BCUT2D eigenvalue weighted by atomic mass is 16.5. The van der Waals surface area contributed by atoms with Crippen molar-refractivity contribution in [2.75, 3.05) is 12.4 Å². The number of amides is 2. The molecule has 0 saturated heterocycles. The summed E-state index contributed by atoms with van der Waals surface area (Å²) in [4.78, 5) is 12.7. The van der Waals surface area contributed by atoms with E-state index < -0.39 is 0 Å². The summed E-state index contributed by atoms with van der Waals surface area (Å²) in [5, 5.41) is 15.7. The number of benzene rings is 2. The van der Waals surface area contributed by atoms with Gasteiger partial charge in [-0.1, -0.05) is 38.1 Å². The predicted molar refractivity (Wildman–Crippen MR) is 111 cm³/mol. The van der Waals surface area contributed by atoms with Crippen LogP contribution >= 0.6 is 0 Å². The van der Waals surface area contributed by atoms with Crippen LogP contribution in [0.1, 0.15) is 37.8 Å². The van der Waals surface area contributed by atoms with Crippen LogP contribution in [0.15, 0.2) is 54.1 Å². The summed E-state index contributed by atoms with van der Waals surface area (Å²) in [5.74, 6) is 0.720. The predicted octanol–water partition coefficient (Wildman–Crippen LogP) is 5.11. The lowest BCUT2D eigenvalue weighted by Crippen LogP contribution is -2.36. The lowest BCUT2D eigenvalue weighted by atomic mass is 9.66. The largest absolute Gasteiger partial charge is 0.497 e. The lowest BCUT2D eigenvalue weighted by molar-refractivity contribution is 0.255. The highest BCUT2D eigenvalue weighted by Crippen LogP contribution is 2.46. The van der Waals surface area contributed by atoms with E-state index in [0.717, 1.165) is 36.1 Å². The van der Waals surface area contributed by atoms with Crippen LogP contribution in [0.3, 0.4) is 0 Å². The van der Waals surface area contributed by atoms with Crippen LogP contribution in [0, 0.1) is 16.7 Å². The molecule has 2 N–H and O–H groups in total. The van der Waals surface area contributed by atoms with E-state index in [2.05, 4.69) is 36.6 Å². The average Bonchev–Trinajstić information content (AvgIpc) is 2.73. The molecule has 0 aliphatic heterocycles. The molecule has 2 aromatic rings. The van der Waals surface area contributed by atoms with Gasteiger partial charge in [-0.05, 0) is 49.1 Å². The second kappa shape index (κ2) is 8.18. The summed E-state index contributed by atoms with van der Waals surface area (Å²) < 4.78 is 5.14. The summed E-state index contributed by atoms with van der Waals surface area (Å²) in [6, 6.07) is 17.1. The van der Waals surface area contributed by atoms with Gasteiger partial charge in [0, 0.05) is 16.7 Å². The van der Waals surface area contributed by atoms with E-state index >= 15 is 0 Å². The maximum Gasteiger partial charge on any atom is 0.323 e. The molecule has 0 radical (unpaired) electrons. The van der Waals surface area contributed by atoms with Gasteiger partial charge in [0.15, 0.2) is 0 Å². The first-order valence-corrected chi connectivity index (χ1v) is 9.52. The van der Waals surface area contributed by atoms with Crippen LogP contribution in [0.5, 0.6) is 5.75 Å². The first-order valence-electron chi connectivity index (χ1n) is 9.52. The van der Waals surface area contributed by atoms with E-state index in [0.29, 0.717) is 17.0 Å². The van der Waals surface area contributed by atoms with Crippen molar-refractivity contribution in [3.63, 3.8) is 0 Å². The molecule has 0 fully saturated rings. The summed E-state index contributed by atoms with van der Waals surface area (Å²) in [5.41, 5.74) is 3.73. The maximum absolute atomic E-state index is 12.7. The van der Waals surface area contributed by atoms with Crippen molar-refractivity contribution < 1.29 is 9.53 Å². The van der Waals surface area contributed by atoms with Crippen LogP contribution in [-0.2, 0) is 6.42 Å². The van der Waals surface area contributed by atoms with Crippen molar-refractivity contribution in [1.29, 1.82) is 5.26 Å². The fourth-order valence-corrected chi connectivity index (χ4v) is 3.88. The van der Waals surface area contributed by atoms with Crippen molar-refractivity contribution >= 4 is 17.4 Å². The zero-order valence-electron chi connectivity index (χ0n) is 16.5. The molecule has 2 amide bonds. The number of methoxy groups -OCH3 is 1. The first-order chi connectivity index (χ1) is 13.6. The second-order valence-corrected chi connectivity index (χ2v) is 6.99. The zero-order chi connectivity index (χ0) is 20.1. The highest BCUT2D eigenvalue weighted by Gasteiger charge is 2.39. The Morgan fingerprint density at radius 3 is 2.39 bits per heavy atom. The third-order valence-corrected chi connectivity index (χ3v) is 5.65. The SMILES string of the molecule is CCC1(CC)Cc2ccccc2C(NC(=O)Nc2ccc(OC)cc2)=C1C#N. The van der Waals surface area contributed by atoms with Crippen molar-refractivity contribution in [3.8, 4) is 11.8 Å². The molecule has 0 unspecified atom stereocenters. The number of ether oxygens (including phenoxy) is 1. The van der Waals surface area contributed by atoms with E-state index in [9.17, 15) is 10.1 Å². The molecular weight excluding hydrogens is 350 g/mol. The van der Waals surface area contributed by atoms with E-state index in [1.807, 2.05) is 18.2 Å². The van der Waals surface area contributed by atoms with E-state index in [1.54, 1.807) is 31.4 Å². The number of carbonyl (C=O) groups excluding carboxylic acids is 1. The van der Waals surface area contributed by atoms with Crippen molar-refractivity contribution in [1.82, 2.24) is 5.32 Å². The number of carbonyl (C=O) groups is 1. The molecule has 1 aliphatic carbocycles. The molecule has 0 atom stereocenters. The Kier molecular flexibility index (Phi) is 5.70. The highest BCUT2D eigenvalue weighted by molar-refractivity contribution is 5.97. The van der Waals surface area contributed by atoms with Gasteiger partial charge in [-0.15, -0.1) is 0 Å². The maximum atomic E-state index is 12.7. The van der Waals surface area contributed by atoms with Gasteiger partial charge >= 0.3 is 6.03 Å². The van der Waals surface area contributed by atoms with Gasteiger partial charge in [-0.2, -0.15) is 5.26 Å². The van der Waals surface area contributed by atoms with Gasteiger partial charge in [-0.3, -0.25) is 0 Å². The van der Waals surface area contributed by atoms with Crippen LogP contribution in [0.25, 0.3) is 5.70 Å². The molecule has 5 nitrogen and oxygen atoms in total. The number of allylic oxidation sites excluding steroid dienone is 1. The van der Waals surface area contributed by atoms with Crippen molar-refractivity contribution in [3.05, 3.63) is 65.2 Å². The van der Waals surface area contributed by atoms with Crippen LogP contribution in [0.4, 0.5) is 10.5 Å². The van der Waals surface area contributed by atoms with Crippen LogP contribution in [-0.4, -0.2) is 13.1 Å². The lowest BCUT2D eigenvalue weighted by Gasteiger charge is -2.38. The Morgan fingerprint density at radius 2 is 1.79 bits per heavy atom. The Balaban J connectivity index is 1.94.